The quantitative estimate of drug-likeness (QED) is 0.862. The maximum absolute atomic E-state index is 5.87. The Morgan fingerprint density at radius 2 is 2.14 bits per heavy atom. The Morgan fingerprint density at radius 1 is 1.24 bits per heavy atom. The molecule has 1 aromatic carbocycles. The predicted molar refractivity (Wildman–Crippen MR) is 78.6 cm³/mol. The van der Waals surface area contributed by atoms with Crippen LogP contribution in [-0.4, -0.2) is 23.9 Å². The van der Waals surface area contributed by atoms with Gasteiger partial charge in [0.1, 0.15) is 5.75 Å². The largest absolute Gasteiger partial charge is 0.497 e. The lowest BCUT2D eigenvalue weighted by molar-refractivity contribution is 0.413. The molecule has 1 saturated carbocycles. The molecule has 21 heavy (non-hydrogen) atoms. The summed E-state index contributed by atoms with van der Waals surface area (Å²) in [5.41, 5.74) is 1.25. The number of methoxy groups -OCH3 is 1. The Labute approximate surface area is 123 Å². The van der Waals surface area contributed by atoms with Crippen molar-refractivity contribution in [2.24, 2.45) is 0 Å². The average molecular weight is 285 g/mol. The first kappa shape index (κ1) is 12.7. The summed E-state index contributed by atoms with van der Waals surface area (Å²) in [4.78, 5) is 2.23. The number of hydrogen-bond acceptors (Lipinski definition) is 5. The molecule has 0 bridgehead atoms. The second-order valence-corrected chi connectivity index (χ2v) is 5.83. The van der Waals surface area contributed by atoms with Gasteiger partial charge in [-0.1, -0.05) is 17.2 Å². The second-order valence-electron chi connectivity index (χ2n) is 5.83. The molecule has 0 radical (unpaired) electrons. The van der Waals surface area contributed by atoms with Crippen molar-refractivity contribution in [2.75, 3.05) is 18.6 Å². The van der Waals surface area contributed by atoms with Crippen molar-refractivity contribution in [3.63, 3.8) is 0 Å². The fourth-order valence-electron chi connectivity index (χ4n) is 3.03. The minimum absolute atomic E-state index is 0.299. The molecule has 1 aliphatic carbocycles. The van der Waals surface area contributed by atoms with E-state index in [2.05, 4.69) is 27.2 Å². The molecule has 2 fully saturated rings. The summed E-state index contributed by atoms with van der Waals surface area (Å²) < 4.78 is 11.2. The van der Waals surface area contributed by atoms with Crippen molar-refractivity contribution < 1.29 is 9.15 Å². The van der Waals surface area contributed by atoms with E-state index in [1.807, 2.05) is 12.1 Å². The van der Waals surface area contributed by atoms with Crippen LogP contribution in [0.15, 0.2) is 28.7 Å². The van der Waals surface area contributed by atoms with Gasteiger partial charge in [-0.05, 0) is 43.4 Å². The smallest absolute Gasteiger partial charge is 0.318 e. The maximum atomic E-state index is 5.87. The number of nitrogens with zero attached hydrogens (tertiary/aromatic N) is 3. The number of hydrogen-bond donors (Lipinski definition) is 0. The summed E-state index contributed by atoms with van der Waals surface area (Å²) in [6, 6.07) is 9.22. The van der Waals surface area contributed by atoms with Crippen LogP contribution in [0.2, 0.25) is 0 Å². The van der Waals surface area contributed by atoms with Gasteiger partial charge in [0.05, 0.1) is 13.2 Å². The molecule has 2 aliphatic rings. The highest BCUT2D eigenvalue weighted by molar-refractivity contribution is 5.39. The molecular formula is C16H19N3O2. The fraction of sp³-hybridized carbons (Fsp3) is 0.500. The van der Waals surface area contributed by atoms with Gasteiger partial charge in [-0.3, -0.25) is 0 Å². The topological polar surface area (TPSA) is 51.4 Å². The molecule has 5 nitrogen and oxygen atoms in total. The van der Waals surface area contributed by atoms with Crippen molar-refractivity contribution in [1.82, 2.24) is 10.2 Å². The first-order chi connectivity index (χ1) is 10.3. The van der Waals surface area contributed by atoms with Gasteiger partial charge in [-0.2, -0.15) is 0 Å². The van der Waals surface area contributed by atoms with Gasteiger partial charge in [0.15, 0.2) is 0 Å². The molecule has 5 heteroatoms. The zero-order valence-electron chi connectivity index (χ0n) is 12.2. The average Bonchev–Trinajstić information content (AvgIpc) is 3.07. The zero-order valence-corrected chi connectivity index (χ0v) is 12.2. The lowest BCUT2D eigenvalue weighted by Crippen LogP contribution is -2.22. The van der Waals surface area contributed by atoms with E-state index in [4.69, 9.17) is 9.15 Å². The Hall–Kier alpha value is -2.04. The van der Waals surface area contributed by atoms with Crippen molar-refractivity contribution in [3.05, 3.63) is 35.7 Å². The molecule has 1 unspecified atom stereocenters. The third kappa shape index (κ3) is 2.37. The highest BCUT2D eigenvalue weighted by Gasteiger charge is 2.33. The Bertz CT molecular complexity index is 636. The summed E-state index contributed by atoms with van der Waals surface area (Å²) in [5, 5.41) is 8.46. The third-order valence-electron chi connectivity index (χ3n) is 4.33. The maximum Gasteiger partial charge on any atom is 0.318 e. The summed E-state index contributed by atoms with van der Waals surface area (Å²) >= 11 is 0. The lowest BCUT2D eigenvalue weighted by atomic mass is 10.0. The first-order valence-corrected chi connectivity index (χ1v) is 7.59. The van der Waals surface area contributed by atoms with Gasteiger partial charge in [0, 0.05) is 12.5 Å². The first-order valence-electron chi connectivity index (χ1n) is 7.59. The molecule has 110 valence electrons. The number of benzene rings is 1. The molecule has 4 rings (SSSR count). The minimum Gasteiger partial charge on any atom is -0.497 e. The fourth-order valence-corrected chi connectivity index (χ4v) is 3.03. The van der Waals surface area contributed by atoms with Crippen LogP contribution in [-0.2, 0) is 0 Å². The van der Waals surface area contributed by atoms with Crippen LogP contribution in [0.5, 0.6) is 5.75 Å². The summed E-state index contributed by atoms with van der Waals surface area (Å²) in [7, 11) is 1.70. The summed E-state index contributed by atoms with van der Waals surface area (Å²) in [5.74, 6) is 2.20. The van der Waals surface area contributed by atoms with Crippen LogP contribution in [0.3, 0.4) is 0 Å². The summed E-state index contributed by atoms with van der Waals surface area (Å²) in [6.45, 7) is 0.966. The van der Waals surface area contributed by atoms with Crippen LogP contribution in [0, 0.1) is 0 Å². The predicted octanol–water partition coefficient (Wildman–Crippen LogP) is 3.30. The van der Waals surface area contributed by atoms with E-state index < -0.39 is 0 Å². The van der Waals surface area contributed by atoms with Crippen LogP contribution < -0.4 is 9.64 Å². The molecule has 1 saturated heterocycles. The third-order valence-corrected chi connectivity index (χ3v) is 4.33. The van der Waals surface area contributed by atoms with Gasteiger partial charge in [0.25, 0.3) is 0 Å². The second kappa shape index (κ2) is 5.06. The molecule has 1 aromatic heterocycles. The number of ether oxygens (including phenoxy) is 1. The van der Waals surface area contributed by atoms with E-state index in [1.165, 1.54) is 18.4 Å². The van der Waals surface area contributed by atoms with Crippen molar-refractivity contribution in [3.8, 4) is 5.75 Å². The van der Waals surface area contributed by atoms with Gasteiger partial charge in [-0.25, -0.2) is 0 Å². The van der Waals surface area contributed by atoms with E-state index in [9.17, 15) is 0 Å². The molecule has 2 heterocycles. The minimum atomic E-state index is 0.299. The molecule has 1 atom stereocenters. The standard InChI is InChI=1S/C16H19N3O2/c1-20-13-5-2-4-12(10-13)14-6-3-9-19(14)16-18-17-15(21-16)11-7-8-11/h2,4-5,10-11,14H,3,6-9H2,1H3. The van der Waals surface area contributed by atoms with Gasteiger partial charge in [-0.15, -0.1) is 5.10 Å². The lowest BCUT2D eigenvalue weighted by Gasteiger charge is -2.23. The van der Waals surface area contributed by atoms with Gasteiger partial charge >= 0.3 is 6.01 Å². The van der Waals surface area contributed by atoms with Gasteiger partial charge < -0.3 is 14.1 Å². The van der Waals surface area contributed by atoms with E-state index in [-0.39, 0.29) is 0 Å². The van der Waals surface area contributed by atoms with E-state index in [0.717, 1.165) is 31.0 Å². The van der Waals surface area contributed by atoms with Crippen LogP contribution in [0.4, 0.5) is 6.01 Å². The highest BCUT2D eigenvalue weighted by Crippen LogP contribution is 2.42. The van der Waals surface area contributed by atoms with E-state index in [1.54, 1.807) is 7.11 Å². The normalized spacial score (nSPS) is 21.8. The Morgan fingerprint density at radius 3 is 2.95 bits per heavy atom. The van der Waals surface area contributed by atoms with Gasteiger partial charge in [0.2, 0.25) is 5.89 Å². The monoisotopic (exact) mass is 285 g/mol. The molecule has 0 N–H and O–H groups in total. The Kier molecular flexibility index (Phi) is 3.05. The van der Waals surface area contributed by atoms with E-state index in [0.29, 0.717) is 18.0 Å². The molecule has 0 amide bonds. The van der Waals surface area contributed by atoms with Crippen LogP contribution in [0.1, 0.15) is 49.1 Å². The Balaban J connectivity index is 1.61. The number of aromatic nitrogens is 2. The number of anilines is 1. The van der Waals surface area contributed by atoms with Crippen molar-refractivity contribution in [2.45, 2.75) is 37.6 Å². The zero-order chi connectivity index (χ0) is 14.2. The SMILES string of the molecule is COc1cccc(C2CCCN2c2nnc(C3CC3)o2)c1. The molecular weight excluding hydrogens is 266 g/mol. The summed E-state index contributed by atoms with van der Waals surface area (Å²) in [6.07, 6.45) is 4.61. The molecule has 2 aromatic rings. The van der Waals surface area contributed by atoms with Crippen molar-refractivity contribution in [1.29, 1.82) is 0 Å². The molecule has 1 aliphatic heterocycles. The number of rotatable bonds is 4. The van der Waals surface area contributed by atoms with Crippen LogP contribution >= 0.6 is 0 Å². The van der Waals surface area contributed by atoms with E-state index >= 15 is 0 Å². The van der Waals surface area contributed by atoms with Crippen LogP contribution in [0.25, 0.3) is 0 Å². The highest BCUT2D eigenvalue weighted by atomic mass is 16.5. The van der Waals surface area contributed by atoms with Crippen molar-refractivity contribution >= 4 is 6.01 Å². The molecule has 0 spiro atoms.